The van der Waals surface area contributed by atoms with E-state index >= 15 is 0 Å². The number of carbonyl (C=O) groups is 1. The van der Waals surface area contributed by atoms with Crippen LogP contribution < -0.4 is 0 Å². The Kier molecular flexibility index (Phi) is 3.16. The van der Waals surface area contributed by atoms with Crippen molar-refractivity contribution >= 4 is 13.7 Å². The number of Topliss-reactive ketones (excluding diaryl/α,β-unsaturated/α-hetero) is 1. The summed E-state index contributed by atoms with van der Waals surface area (Å²) in [6, 6.07) is 5.47. The van der Waals surface area contributed by atoms with Crippen LogP contribution in [0.3, 0.4) is 0 Å². The van der Waals surface area contributed by atoms with Crippen LogP contribution in [0.4, 0.5) is 0 Å². The Morgan fingerprint density at radius 3 is 2.41 bits per heavy atom. The van der Waals surface area contributed by atoms with E-state index in [1.54, 1.807) is 31.3 Å². The highest BCUT2D eigenvalue weighted by molar-refractivity contribution is 7.42. The molecule has 86 valence electrons. The standard InChI is InChI=1S/C12H12N2O2P/c1-9(15)12-7-11(8-14(12)17(2)16)10-3-5-13-6-4-10/h3-8H,1-2H3/q+1. The lowest BCUT2D eigenvalue weighted by molar-refractivity contribution is 0.101. The molecule has 2 aromatic heterocycles. The van der Waals surface area contributed by atoms with Crippen LogP contribution in [0, 0.1) is 0 Å². The summed E-state index contributed by atoms with van der Waals surface area (Å²) in [7, 11) is -1.59. The van der Waals surface area contributed by atoms with Gasteiger partial charge in [0.1, 0.15) is 5.69 Å². The maximum absolute atomic E-state index is 11.6. The molecule has 2 rings (SSSR count). The molecule has 1 atom stereocenters. The van der Waals surface area contributed by atoms with Gasteiger partial charge >= 0.3 is 7.95 Å². The van der Waals surface area contributed by atoms with E-state index in [-0.39, 0.29) is 5.78 Å². The van der Waals surface area contributed by atoms with E-state index in [1.165, 1.54) is 11.3 Å². The highest BCUT2D eigenvalue weighted by Crippen LogP contribution is 2.29. The smallest absolute Gasteiger partial charge is 0.293 e. The number of nitrogens with zero attached hydrogens (tertiary/aromatic N) is 2. The first-order valence-electron chi connectivity index (χ1n) is 5.14. The number of ketones is 1. The Balaban J connectivity index is 2.55. The van der Waals surface area contributed by atoms with Gasteiger partial charge < -0.3 is 0 Å². The highest BCUT2D eigenvalue weighted by Gasteiger charge is 2.20. The molecule has 0 amide bonds. The zero-order valence-electron chi connectivity index (χ0n) is 9.62. The number of pyridine rings is 1. The minimum absolute atomic E-state index is 0.0875. The summed E-state index contributed by atoms with van der Waals surface area (Å²) >= 11 is 0. The Morgan fingerprint density at radius 2 is 1.94 bits per heavy atom. The fourth-order valence-electron chi connectivity index (χ4n) is 1.65. The van der Waals surface area contributed by atoms with Crippen LogP contribution in [0.25, 0.3) is 11.1 Å². The van der Waals surface area contributed by atoms with Crippen molar-refractivity contribution in [3.63, 3.8) is 0 Å². The molecule has 2 heterocycles. The molecule has 0 bridgehead atoms. The van der Waals surface area contributed by atoms with Crippen molar-refractivity contribution in [2.75, 3.05) is 6.66 Å². The second kappa shape index (κ2) is 4.60. The summed E-state index contributed by atoms with van der Waals surface area (Å²) in [4.78, 5) is 15.4. The van der Waals surface area contributed by atoms with Crippen molar-refractivity contribution in [1.29, 1.82) is 0 Å². The van der Waals surface area contributed by atoms with Gasteiger partial charge in [-0.15, -0.1) is 4.34 Å². The fraction of sp³-hybridized carbons (Fsp3) is 0.167. The maximum Gasteiger partial charge on any atom is 0.463 e. The van der Waals surface area contributed by atoms with E-state index in [1.807, 2.05) is 12.1 Å². The summed E-state index contributed by atoms with van der Waals surface area (Å²) in [5.41, 5.74) is 2.31. The van der Waals surface area contributed by atoms with Gasteiger partial charge in [0.2, 0.25) is 0 Å². The van der Waals surface area contributed by atoms with Gasteiger partial charge in [0.25, 0.3) is 0 Å². The van der Waals surface area contributed by atoms with Crippen LogP contribution in [-0.4, -0.2) is 21.8 Å². The van der Waals surface area contributed by atoms with Gasteiger partial charge in [0.15, 0.2) is 12.4 Å². The third-order valence-electron chi connectivity index (χ3n) is 2.48. The third kappa shape index (κ3) is 2.32. The summed E-state index contributed by atoms with van der Waals surface area (Å²) in [6.07, 6.45) is 5.11. The van der Waals surface area contributed by atoms with Crippen molar-refractivity contribution in [2.45, 2.75) is 6.92 Å². The molecule has 4 nitrogen and oxygen atoms in total. The van der Waals surface area contributed by atoms with Gasteiger partial charge in [0.05, 0.1) is 6.20 Å². The number of rotatable bonds is 3. The molecular formula is C12H12N2O2P+. The van der Waals surface area contributed by atoms with Gasteiger partial charge in [-0.25, -0.2) is 0 Å². The van der Waals surface area contributed by atoms with Crippen molar-refractivity contribution in [3.8, 4) is 11.1 Å². The Labute approximate surface area is 100 Å². The molecule has 5 heteroatoms. The SMILES string of the molecule is CC(=O)c1cc(-c2ccncc2)cn1[P+](C)=O. The van der Waals surface area contributed by atoms with Crippen LogP contribution in [0.2, 0.25) is 0 Å². The molecule has 0 radical (unpaired) electrons. The van der Waals surface area contributed by atoms with E-state index in [2.05, 4.69) is 4.98 Å². The number of carbonyl (C=O) groups excluding carboxylic acids is 1. The number of aromatic nitrogens is 2. The van der Waals surface area contributed by atoms with Gasteiger partial charge in [0, 0.05) is 24.9 Å². The minimum Gasteiger partial charge on any atom is -0.293 e. The van der Waals surface area contributed by atoms with Crippen molar-refractivity contribution < 1.29 is 9.36 Å². The lowest BCUT2D eigenvalue weighted by Crippen LogP contribution is -1.98. The summed E-state index contributed by atoms with van der Waals surface area (Å²) in [6.45, 7) is 3.05. The summed E-state index contributed by atoms with van der Waals surface area (Å²) in [5, 5.41) is 0. The molecule has 0 aromatic carbocycles. The first-order valence-corrected chi connectivity index (χ1v) is 6.80. The van der Waals surface area contributed by atoms with Crippen LogP contribution >= 0.6 is 7.95 Å². The van der Waals surface area contributed by atoms with Crippen LogP contribution in [0.5, 0.6) is 0 Å². The molecule has 17 heavy (non-hydrogen) atoms. The Morgan fingerprint density at radius 1 is 1.29 bits per heavy atom. The molecule has 1 unspecified atom stereocenters. The molecular weight excluding hydrogens is 235 g/mol. The molecule has 0 fully saturated rings. The second-order valence-corrected chi connectivity index (χ2v) is 5.07. The van der Waals surface area contributed by atoms with Crippen molar-refractivity contribution in [3.05, 3.63) is 42.5 Å². The normalized spacial score (nSPS) is 11.3. The van der Waals surface area contributed by atoms with Crippen molar-refractivity contribution in [2.24, 2.45) is 0 Å². The first kappa shape index (κ1) is 11.7. The Bertz CT molecular complexity index is 544. The molecule has 0 aliphatic heterocycles. The van der Waals surface area contributed by atoms with Crippen LogP contribution in [-0.2, 0) is 4.57 Å². The van der Waals surface area contributed by atoms with Crippen LogP contribution in [0.15, 0.2) is 36.8 Å². The Hall–Kier alpha value is -1.80. The zero-order chi connectivity index (χ0) is 12.4. The van der Waals surface area contributed by atoms with Gasteiger partial charge in [-0.1, -0.05) is 0 Å². The lowest BCUT2D eigenvalue weighted by atomic mass is 10.1. The number of hydrogen-bond donors (Lipinski definition) is 0. The fourth-order valence-corrected chi connectivity index (χ4v) is 2.44. The summed E-state index contributed by atoms with van der Waals surface area (Å²) < 4.78 is 13.1. The predicted molar refractivity (Wildman–Crippen MR) is 66.6 cm³/mol. The molecule has 2 aromatic rings. The molecule has 0 saturated carbocycles. The molecule has 0 saturated heterocycles. The molecule has 0 aliphatic carbocycles. The zero-order valence-corrected chi connectivity index (χ0v) is 10.5. The minimum atomic E-state index is -1.59. The second-order valence-electron chi connectivity index (χ2n) is 3.71. The topological polar surface area (TPSA) is 52.0 Å². The summed E-state index contributed by atoms with van der Waals surface area (Å²) in [5.74, 6) is -0.0875. The largest absolute Gasteiger partial charge is 0.463 e. The molecule has 0 aliphatic rings. The number of hydrogen-bond acceptors (Lipinski definition) is 3. The maximum atomic E-state index is 11.6. The van der Waals surface area contributed by atoms with E-state index in [0.717, 1.165) is 11.1 Å². The average Bonchev–Trinajstić information content (AvgIpc) is 2.75. The highest BCUT2D eigenvalue weighted by atomic mass is 31.1. The predicted octanol–water partition coefficient (Wildman–Crippen LogP) is 2.97. The first-order chi connectivity index (χ1) is 8.09. The third-order valence-corrected chi connectivity index (χ3v) is 3.42. The monoisotopic (exact) mass is 247 g/mol. The molecule has 0 spiro atoms. The van der Waals surface area contributed by atoms with Crippen LogP contribution in [0.1, 0.15) is 17.4 Å². The van der Waals surface area contributed by atoms with E-state index in [9.17, 15) is 9.36 Å². The quantitative estimate of drug-likeness (QED) is 0.618. The van der Waals surface area contributed by atoms with E-state index in [0.29, 0.717) is 5.69 Å². The lowest BCUT2D eigenvalue weighted by Gasteiger charge is -1.93. The van der Waals surface area contributed by atoms with Gasteiger partial charge in [-0.05, 0) is 28.3 Å². The van der Waals surface area contributed by atoms with Crippen molar-refractivity contribution in [1.82, 2.24) is 9.32 Å². The van der Waals surface area contributed by atoms with E-state index in [4.69, 9.17) is 0 Å². The van der Waals surface area contributed by atoms with Gasteiger partial charge in [-0.3, -0.25) is 9.78 Å². The average molecular weight is 247 g/mol. The molecule has 0 N–H and O–H groups in total. The van der Waals surface area contributed by atoms with E-state index < -0.39 is 7.95 Å². The van der Waals surface area contributed by atoms with Gasteiger partial charge in [-0.2, -0.15) is 0 Å².